The first-order valence-electron chi connectivity index (χ1n) is 6.08. The lowest BCUT2D eigenvalue weighted by atomic mass is 9.83. The molecule has 3 atom stereocenters. The number of nitrogens with zero attached hydrogens (tertiary/aromatic N) is 1. The van der Waals surface area contributed by atoms with Crippen molar-refractivity contribution < 1.29 is 9.53 Å². The molecule has 0 aromatic heterocycles. The van der Waals surface area contributed by atoms with Crippen LogP contribution in [0.25, 0.3) is 0 Å². The van der Waals surface area contributed by atoms with Crippen LogP contribution < -0.4 is 0 Å². The fourth-order valence-electron chi connectivity index (χ4n) is 2.80. The maximum Gasteiger partial charge on any atom is 0.310 e. The monoisotopic (exact) mass is 211 g/mol. The van der Waals surface area contributed by atoms with E-state index >= 15 is 0 Å². The van der Waals surface area contributed by atoms with Crippen molar-refractivity contribution in [2.45, 2.75) is 39.2 Å². The molecule has 2 bridgehead atoms. The van der Waals surface area contributed by atoms with Crippen molar-refractivity contribution >= 4 is 5.97 Å². The van der Waals surface area contributed by atoms with Gasteiger partial charge in [0, 0.05) is 13.1 Å². The van der Waals surface area contributed by atoms with Crippen LogP contribution in [0.1, 0.15) is 33.1 Å². The molecular weight excluding hydrogens is 190 g/mol. The van der Waals surface area contributed by atoms with E-state index in [-0.39, 0.29) is 18.0 Å². The Kier molecular flexibility index (Phi) is 3.29. The van der Waals surface area contributed by atoms with Crippen molar-refractivity contribution in [2.24, 2.45) is 11.8 Å². The summed E-state index contributed by atoms with van der Waals surface area (Å²) in [5.41, 5.74) is 0. The van der Waals surface area contributed by atoms with Crippen molar-refractivity contribution in [3.63, 3.8) is 0 Å². The molecule has 2 heterocycles. The molecule has 0 aliphatic carbocycles. The zero-order valence-corrected chi connectivity index (χ0v) is 9.74. The number of ether oxygens (including phenoxy) is 1. The van der Waals surface area contributed by atoms with Gasteiger partial charge >= 0.3 is 5.97 Å². The number of piperidine rings is 2. The Morgan fingerprint density at radius 1 is 1.40 bits per heavy atom. The van der Waals surface area contributed by atoms with Crippen LogP contribution in [0.5, 0.6) is 0 Å². The predicted octanol–water partition coefficient (Wildman–Crippen LogP) is 1.67. The van der Waals surface area contributed by atoms with Crippen LogP contribution in [0, 0.1) is 11.8 Å². The van der Waals surface area contributed by atoms with Gasteiger partial charge in [0.25, 0.3) is 0 Å². The van der Waals surface area contributed by atoms with E-state index in [4.69, 9.17) is 4.74 Å². The zero-order valence-electron chi connectivity index (χ0n) is 9.74. The molecule has 0 spiro atoms. The molecule has 3 unspecified atom stereocenters. The van der Waals surface area contributed by atoms with Gasteiger partial charge in [-0.25, -0.2) is 0 Å². The van der Waals surface area contributed by atoms with Crippen molar-refractivity contribution in [1.29, 1.82) is 0 Å². The summed E-state index contributed by atoms with van der Waals surface area (Å²) in [6.45, 7) is 7.12. The van der Waals surface area contributed by atoms with Gasteiger partial charge in [-0.2, -0.15) is 0 Å². The molecule has 2 rings (SSSR count). The third-order valence-corrected chi connectivity index (χ3v) is 3.38. The second-order valence-electron chi connectivity index (χ2n) is 5.19. The van der Waals surface area contributed by atoms with Crippen LogP contribution >= 0.6 is 0 Å². The summed E-state index contributed by atoms with van der Waals surface area (Å²) in [4.78, 5) is 14.2. The number of fused-ring (bicyclic) bond motifs is 2. The van der Waals surface area contributed by atoms with Crippen LogP contribution in [-0.2, 0) is 9.53 Å². The van der Waals surface area contributed by atoms with E-state index in [0.29, 0.717) is 0 Å². The first kappa shape index (κ1) is 10.9. The van der Waals surface area contributed by atoms with E-state index < -0.39 is 0 Å². The number of hydrogen-bond acceptors (Lipinski definition) is 3. The quantitative estimate of drug-likeness (QED) is 0.651. The third-order valence-electron chi connectivity index (χ3n) is 3.38. The lowest BCUT2D eigenvalue weighted by Gasteiger charge is -2.40. The maximum absolute atomic E-state index is 11.8. The molecule has 15 heavy (non-hydrogen) atoms. The Morgan fingerprint density at radius 3 is 2.87 bits per heavy atom. The summed E-state index contributed by atoms with van der Waals surface area (Å²) in [5, 5.41) is 0. The van der Waals surface area contributed by atoms with Crippen LogP contribution in [0.2, 0.25) is 0 Å². The topological polar surface area (TPSA) is 29.5 Å². The largest absolute Gasteiger partial charge is 0.463 e. The van der Waals surface area contributed by atoms with Crippen LogP contribution in [-0.4, -0.2) is 36.6 Å². The van der Waals surface area contributed by atoms with Crippen molar-refractivity contribution in [1.82, 2.24) is 4.90 Å². The average Bonchev–Trinajstić information content (AvgIpc) is 2.16. The third kappa shape index (κ3) is 2.71. The number of esters is 1. The molecule has 2 aliphatic heterocycles. The first-order chi connectivity index (χ1) is 7.15. The summed E-state index contributed by atoms with van der Waals surface area (Å²) in [5.74, 6) is 0.880. The Bertz CT molecular complexity index is 228. The molecule has 2 fully saturated rings. The Balaban J connectivity index is 1.90. The number of rotatable bonds is 2. The van der Waals surface area contributed by atoms with Gasteiger partial charge in [0.2, 0.25) is 0 Å². The lowest BCUT2D eigenvalue weighted by molar-refractivity contribution is -0.155. The summed E-state index contributed by atoms with van der Waals surface area (Å²) in [6.07, 6.45) is 3.66. The van der Waals surface area contributed by atoms with Crippen LogP contribution in [0.3, 0.4) is 0 Å². The highest BCUT2D eigenvalue weighted by atomic mass is 16.5. The molecule has 2 aliphatic rings. The van der Waals surface area contributed by atoms with Crippen LogP contribution in [0.4, 0.5) is 0 Å². The SMILES string of the molecule is CC(C)OC(=O)C1CC2CCCN(C2)C1. The second kappa shape index (κ2) is 4.52. The molecule has 2 saturated heterocycles. The smallest absolute Gasteiger partial charge is 0.310 e. The summed E-state index contributed by atoms with van der Waals surface area (Å²) in [7, 11) is 0. The van der Waals surface area contributed by atoms with Gasteiger partial charge < -0.3 is 9.64 Å². The van der Waals surface area contributed by atoms with Crippen molar-refractivity contribution in [3.05, 3.63) is 0 Å². The van der Waals surface area contributed by atoms with E-state index in [2.05, 4.69) is 4.90 Å². The van der Waals surface area contributed by atoms with Gasteiger partial charge in [-0.3, -0.25) is 4.79 Å². The van der Waals surface area contributed by atoms with Gasteiger partial charge in [0.1, 0.15) is 0 Å². The minimum absolute atomic E-state index is 0.0154. The van der Waals surface area contributed by atoms with E-state index in [1.807, 2.05) is 13.8 Å². The molecular formula is C12H21NO2. The van der Waals surface area contributed by atoms with E-state index in [1.165, 1.54) is 25.9 Å². The van der Waals surface area contributed by atoms with E-state index in [0.717, 1.165) is 18.9 Å². The molecule has 0 saturated carbocycles. The average molecular weight is 211 g/mol. The first-order valence-corrected chi connectivity index (χ1v) is 6.08. The van der Waals surface area contributed by atoms with E-state index in [9.17, 15) is 4.79 Å². The lowest BCUT2D eigenvalue weighted by Crippen LogP contribution is -2.47. The molecule has 0 N–H and O–H groups in total. The predicted molar refractivity (Wildman–Crippen MR) is 58.5 cm³/mol. The molecule has 0 amide bonds. The van der Waals surface area contributed by atoms with Gasteiger partial charge in [-0.1, -0.05) is 0 Å². The highest BCUT2D eigenvalue weighted by Crippen LogP contribution is 2.30. The van der Waals surface area contributed by atoms with E-state index in [1.54, 1.807) is 0 Å². The summed E-state index contributed by atoms with van der Waals surface area (Å²) < 4.78 is 5.29. The fraction of sp³-hybridized carbons (Fsp3) is 0.917. The van der Waals surface area contributed by atoms with Gasteiger partial charge in [-0.05, 0) is 45.6 Å². The number of carbonyl (C=O) groups excluding carboxylic acids is 1. The number of hydrogen-bond donors (Lipinski definition) is 0. The summed E-state index contributed by atoms with van der Waals surface area (Å²) >= 11 is 0. The second-order valence-corrected chi connectivity index (χ2v) is 5.19. The molecule has 86 valence electrons. The van der Waals surface area contributed by atoms with Gasteiger partial charge in [-0.15, -0.1) is 0 Å². The molecule has 0 radical (unpaired) electrons. The Labute approximate surface area is 91.8 Å². The zero-order chi connectivity index (χ0) is 10.8. The highest BCUT2D eigenvalue weighted by Gasteiger charge is 2.34. The number of carbonyl (C=O) groups is 1. The standard InChI is InChI=1S/C12H21NO2/c1-9(2)15-12(14)11-6-10-4-3-5-13(7-10)8-11/h9-11H,3-8H2,1-2H3. The minimum Gasteiger partial charge on any atom is -0.463 e. The molecule has 3 nitrogen and oxygen atoms in total. The Morgan fingerprint density at radius 2 is 2.20 bits per heavy atom. The van der Waals surface area contributed by atoms with Gasteiger partial charge in [0.15, 0.2) is 0 Å². The molecule has 0 aromatic rings. The summed E-state index contributed by atoms with van der Waals surface area (Å²) in [6, 6.07) is 0. The highest BCUT2D eigenvalue weighted by molar-refractivity contribution is 5.73. The maximum atomic E-state index is 11.8. The minimum atomic E-state index is 0.0154. The van der Waals surface area contributed by atoms with Crippen molar-refractivity contribution in [3.8, 4) is 0 Å². The van der Waals surface area contributed by atoms with Gasteiger partial charge in [0.05, 0.1) is 12.0 Å². The normalized spacial score (nSPS) is 35.3. The van der Waals surface area contributed by atoms with Crippen molar-refractivity contribution in [2.75, 3.05) is 19.6 Å². The molecule has 3 heteroatoms. The Hall–Kier alpha value is -0.570. The molecule has 0 aromatic carbocycles. The fourth-order valence-corrected chi connectivity index (χ4v) is 2.80. The van der Waals surface area contributed by atoms with Crippen LogP contribution in [0.15, 0.2) is 0 Å².